The van der Waals surface area contributed by atoms with E-state index >= 15 is 0 Å². The third-order valence-corrected chi connectivity index (χ3v) is 4.90. The number of aryl methyl sites for hydroxylation is 1. The Morgan fingerprint density at radius 1 is 1.10 bits per heavy atom. The topological polar surface area (TPSA) is 76.0 Å². The molecule has 0 aliphatic heterocycles. The molecule has 2 aromatic carbocycles. The first kappa shape index (κ1) is 20.6. The van der Waals surface area contributed by atoms with Crippen molar-refractivity contribution in [3.05, 3.63) is 66.7 Å². The smallest absolute Gasteiger partial charge is 0.242 e. The van der Waals surface area contributed by atoms with Crippen LogP contribution >= 0.6 is 0 Å². The summed E-state index contributed by atoms with van der Waals surface area (Å²) in [6.07, 6.45) is 6.44. The molecule has 0 saturated heterocycles. The second-order valence-corrected chi connectivity index (χ2v) is 7.59. The molecule has 0 aliphatic rings. The number of hydrogen-bond acceptors (Lipinski definition) is 3. The van der Waals surface area contributed by atoms with Gasteiger partial charge in [0.05, 0.1) is 12.7 Å². The number of nitrogens with zero attached hydrogens (tertiary/aromatic N) is 2. The van der Waals surface area contributed by atoms with E-state index < -0.39 is 6.04 Å². The Kier molecular flexibility index (Phi) is 7.00. The molecule has 1 aromatic heterocycles. The summed E-state index contributed by atoms with van der Waals surface area (Å²) in [5.74, 6) is -0.283. The Morgan fingerprint density at radius 2 is 1.90 bits per heavy atom. The second-order valence-electron chi connectivity index (χ2n) is 7.59. The molecule has 0 saturated carbocycles. The highest BCUT2D eigenvalue weighted by atomic mass is 16.2. The molecule has 1 heterocycles. The van der Waals surface area contributed by atoms with Crippen LogP contribution in [0.3, 0.4) is 0 Å². The lowest BCUT2D eigenvalue weighted by atomic mass is 10.0. The van der Waals surface area contributed by atoms with E-state index in [4.69, 9.17) is 0 Å². The SMILES string of the molecule is CC(C)C(NC(=O)Cc1ccc2ccccc2c1)C(=O)NCCCn1ccnc1. The molecule has 1 atom stereocenters. The van der Waals surface area contributed by atoms with Gasteiger partial charge in [-0.1, -0.05) is 56.3 Å². The number of carbonyl (C=O) groups excluding carboxylic acids is 2. The summed E-state index contributed by atoms with van der Waals surface area (Å²) in [7, 11) is 0. The van der Waals surface area contributed by atoms with E-state index in [1.165, 1.54) is 0 Å². The normalized spacial score (nSPS) is 12.1. The fourth-order valence-corrected chi connectivity index (χ4v) is 3.30. The van der Waals surface area contributed by atoms with E-state index in [0.717, 1.165) is 29.3 Å². The summed E-state index contributed by atoms with van der Waals surface area (Å²) in [6.45, 7) is 5.22. The van der Waals surface area contributed by atoms with E-state index in [0.29, 0.717) is 6.54 Å². The molecule has 0 fully saturated rings. The van der Waals surface area contributed by atoms with Gasteiger partial charge in [-0.2, -0.15) is 0 Å². The maximum absolute atomic E-state index is 12.6. The summed E-state index contributed by atoms with van der Waals surface area (Å²) in [4.78, 5) is 29.1. The number of imidazole rings is 1. The van der Waals surface area contributed by atoms with Crippen LogP contribution < -0.4 is 10.6 Å². The minimum atomic E-state index is -0.545. The van der Waals surface area contributed by atoms with Crippen LogP contribution in [0.2, 0.25) is 0 Å². The van der Waals surface area contributed by atoms with Crippen molar-refractivity contribution >= 4 is 22.6 Å². The number of rotatable bonds is 9. The third-order valence-electron chi connectivity index (χ3n) is 4.90. The van der Waals surface area contributed by atoms with Crippen molar-refractivity contribution in [2.75, 3.05) is 6.54 Å². The van der Waals surface area contributed by atoms with Gasteiger partial charge in [0.1, 0.15) is 6.04 Å². The van der Waals surface area contributed by atoms with Crippen molar-refractivity contribution in [2.24, 2.45) is 5.92 Å². The van der Waals surface area contributed by atoms with E-state index in [1.54, 1.807) is 12.5 Å². The van der Waals surface area contributed by atoms with Gasteiger partial charge in [0, 0.05) is 25.5 Å². The van der Waals surface area contributed by atoms with Crippen LogP contribution in [0.5, 0.6) is 0 Å². The Labute approximate surface area is 171 Å². The molecule has 0 spiro atoms. The van der Waals surface area contributed by atoms with Gasteiger partial charge in [0.15, 0.2) is 0 Å². The van der Waals surface area contributed by atoms with Crippen molar-refractivity contribution in [1.29, 1.82) is 0 Å². The maximum Gasteiger partial charge on any atom is 0.242 e. The zero-order chi connectivity index (χ0) is 20.6. The fourth-order valence-electron chi connectivity index (χ4n) is 3.30. The molecule has 2 amide bonds. The number of hydrogen-bond donors (Lipinski definition) is 2. The number of amides is 2. The Hall–Kier alpha value is -3.15. The molecule has 1 unspecified atom stereocenters. The van der Waals surface area contributed by atoms with Crippen LogP contribution in [0.15, 0.2) is 61.2 Å². The average molecular weight is 393 g/mol. The van der Waals surface area contributed by atoms with Crippen molar-refractivity contribution in [2.45, 2.75) is 39.3 Å². The minimum Gasteiger partial charge on any atom is -0.354 e. The lowest BCUT2D eigenvalue weighted by Crippen LogP contribution is -2.50. The highest BCUT2D eigenvalue weighted by molar-refractivity contribution is 5.89. The molecule has 0 radical (unpaired) electrons. The van der Waals surface area contributed by atoms with Crippen LogP contribution in [0.1, 0.15) is 25.8 Å². The van der Waals surface area contributed by atoms with Crippen LogP contribution in [0.4, 0.5) is 0 Å². The first-order chi connectivity index (χ1) is 14.0. The number of aromatic nitrogens is 2. The van der Waals surface area contributed by atoms with Gasteiger partial charge < -0.3 is 15.2 Å². The monoisotopic (exact) mass is 392 g/mol. The van der Waals surface area contributed by atoms with Gasteiger partial charge in [0.25, 0.3) is 0 Å². The van der Waals surface area contributed by atoms with Gasteiger partial charge in [-0.25, -0.2) is 4.98 Å². The van der Waals surface area contributed by atoms with Crippen LogP contribution in [-0.2, 0) is 22.6 Å². The molecule has 152 valence electrons. The summed E-state index contributed by atoms with van der Waals surface area (Å²) < 4.78 is 1.97. The van der Waals surface area contributed by atoms with E-state index in [2.05, 4.69) is 15.6 Å². The van der Waals surface area contributed by atoms with Gasteiger partial charge in [-0.05, 0) is 28.7 Å². The predicted octanol–water partition coefficient (Wildman–Crippen LogP) is 2.93. The van der Waals surface area contributed by atoms with E-state index in [9.17, 15) is 9.59 Å². The van der Waals surface area contributed by atoms with Crippen molar-refractivity contribution in [3.63, 3.8) is 0 Å². The van der Waals surface area contributed by atoms with Crippen molar-refractivity contribution < 1.29 is 9.59 Å². The highest BCUT2D eigenvalue weighted by Crippen LogP contribution is 2.16. The fraction of sp³-hybridized carbons (Fsp3) is 0.348. The standard InChI is InChI=1S/C23H28N4O2/c1-17(2)22(23(29)25-10-5-12-27-13-11-24-16-27)26-21(28)15-18-8-9-19-6-3-4-7-20(19)14-18/h3-4,6-9,11,13-14,16-17,22H,5,10,12,15H2,1-2H3,(H,25,29)(H,26,28). The number of fused-ring (bicyclic) bond motifs is 1. The van der Waals surface area contributed by atoms with Crippen molar-refractivity contribution in [3.8, 4) is 0 Å². The number of carbonyl (C=O) groups is 2. The summed E-state index contributed by atoms with van der Waals surface area (Å²) in [5.41, 5.74) is 0.935. The summed E-state index contributed by atoms with van der Waals surface area (Å²) in [6, 6.07) is 13.5. The molecule has 0 bridgehead atoms. The van der Waals surface area contributed by atoms with E-state index in [-0.39, 0.29) is 24.2 Å². The zero-order valence-electron chi connectivity index (χ0n) is 17.0. The Bertz CT molecular complexity index is 950. The van der Waals surface area contributed by atoms with Crippen LogP contribution in [0.25, 0.3) is 10.8 Å². The quantitative estimate of drug-likeness (QED) is 0.550. The summed E-state index contributed by atoms with van der Waals surface area (Å²) in [5, 5.41) is 8.08. The Morgan fingerprint density at radius 3 is 2.62 bits per heavy atom. The van der Waals surface area contributed by atoms with Gasteiger partial charge in [-0.3, -0.25) is 9.59 Å². The molecule has 3 aromatic rings. The largest absolute Gasteiger partial charge is 0.354 e. The van der Waals surface area contributed by atoms with Crippen LogP contribution in [0, 0.1) is 5.92 Å². The predicted molar refractivity (Wildman–Crippen MR) is 114 cm³/mol. The molecular formula is C23H28N4O2. The first-order valence-corrected chi connectivity index (χ1v) is 10.0. The highest BCUT2D eigenvalue weighted by Gasteiger charge is 2.23. The zero-order valence-corrected chi connectivity index (χ0v) is 17.0. The van der Waals surface area contributed by atoms with E-state index in [1.807, 2.05) is 67.1 Å². The second kappa shape index (κ2) is 9.87. The molecule has 0 aliphatic carbocycles. The van der Waals surface area contributed by atoms with Gasteiger partial charge in [-0.15, -0.1) is 0 Å². The summed E-state index contributed by atoms with van der Waals surface area (Å²) >= 11 is 0. The number of benzene rings is 2. The molecular weight excluding hydrogens is 364 g/mol. The molecule has 2 N–H and O–H groups in total. The lowest BCUT2D eigenvalue weighted by Gasteiger charge is -2.22. The van der Waals surface area contributed by atoms with Gasteiger partial charge >= 0.3 is 0 Å². The molecule has 6 nitrogen and oxygen atoms in total. The molecule has 3 rings (SSSR count). The lowest BCUT2D eigenvalue weighted by molar-refractivity contribution is -0.129. The van der Waals surface area contributed by atoms with Crippen molar-refractivity contribution in [1.82, 2.24) is 20.2 Å². The third kappa shape index (κ3) is 5.91. The average Bonchev–Trinajstić information content (AvgIpc) is 3.22. The minimum absolute atomic E-state index is 0.00389. The Balaban J connectivity index is 1.51. The molecule has 6 heteroatoms. The van der Waals surface area contributed by atoms with Gasteiger partial charge in [0.2, 0.25) is 11.8 Å². The van der Waals surface area contributed by atoms with Crippen LogP contribution in [-0.4, -0.2) is 34.0 Å². The number of nitrogens with one attached hydrogen (secondary N) is 2. The maximum atomic E-state index is 12.6. The molecule has 29 heavy (non-hydrogen) atoms. The first-order valence-electron chi connectivity index (χ1n) is 10.0.